The van der Waals surface area contributed by atoms with Crippen LogP contribution in [0.4, 0.5) is 10.2 Å². The molecule has 0 saturated heterocycles. The van der Waals surface area contributed by atoms with Gasteiger partial charge < -0.3 is 10.6 Å². The lowest BCUT2D eigenvalue weighted by molar-refractivity contribution is -0.139. The summed E-state index contributed by atoms with van der Waals surface area (Å²) in [6.45, 7) is 8.31. The fourth-order valence-electron chi connectivity index (χ4n) is 6.68. The quantitative estimate of drug-likeness (QED) is 0.322. The maximum atomic E-state index is 15.1. The van der Waals surface area contributed by atoms with Gasteiger partial charge in [-0.2, -0.15) is 5.10 Å². The summed E-state index contributed by atoms with van der Waals surface area (Å²) in [6, 6.07) is 5.00. The number of aryl methyl sites for hydroxylation is 1. The molecule has 2 aliphatic carbocycles. The molecule has 40 heavy (non-hydrogen) atoms. The molecule has 2 amide bonds. The molecule has 0 radical (unpaired) electrons. The average molecular weight is 568 g/mol. The van der Waals surface area contributed by atoms with Crippen LogP contribution in [0.1, 0.15) is 84.3 Å². The lowest BCUT2D eigenvalue weighted by Gasteiger charge is -2.44. The van der Waals surface area contributed by atoms with E-state index in [1.165, 1.54) is 12.3 Å². The molecule has 0 aliphatic heterocycles. The molecule has 2 fully saturated rings. The number of carbonyl (C=O) groups is 2. The molecular formula is C31H39ClFN5O2. The summed E-state index contributed by atoms with van der Waals surface area (Å²) in [5.41, 5.74) is 2.15. The third-order valence-electron chi connectivity index (χ3n) is 8.89. The van der Waals surface area contributed by atoms with Crippen LogP contribution in [0.25, 0.3) is 22.0 Å². The number of nitrogens with one attached hydrogen (secondary N) is 2. The molecular weight excluding hydrogens is 529 g/mol. The summed E-state index contributed by atoms with van der Waals surface area (Å²) in [5, 5.41) is 11.6. The van der Waals surface area contributed by atoms with Crippen LogP contribution in [0.5, 0.6) is 0 Å². The zero-order chi connectivity index (χ0) is 28.8. The van der Waals surface area contributed by atoms with E-state index >= 15 is 4.39 Å². The Labute approximate surface area is 240 Å². The van der Waals surface area contributed by atoms with E-state index in [0.29, 0.717) is 39.8 Å². The van der Waals surface area contributed by atoms with E-state index in [4.69, 9.17) is 11.6 Å². The Morgan fingerprint density at radius 2 is 1.98 bits per heavy atom. The van der Waals surface area contributed by atoms with Crippen LogP contribution in [-0.2, 0) is 16.6 Å². The monoisotopic (exact) mass is 567 g/mol. The van der Waals surface area contributed by atoms with Gasteiger partial charge in [0, 0.05) is 47.3 Å². The minimum Gasteiger partial charge on any atom is -0.353 e. The number of nitrogens with zero attached hydrogens (tertiary/aromatic N) is 3. The summed E-state index contributed by atoms with van der Waals surface area (Å²) in [4.78, 5) is 30.5. The van der Waals surface area contributed by atoms with E-state index in [9.17, 15) is 9.59 Å². The number of anilines is 1. The van der Waals surface area contributed by atoms with Crippen molar-refractivity contribution in [2.24, 2.45) is 24.3 Å². The van der Waals surface area contributed by atoms with Crippen LogP contribution in [0.3, 0.4) is 0 Å². The predicted molar refractivity (Wildman–Crippen MR) is 157 cm³/mol. The third kappa shape index (κ3) is 5.47. The molecule has 0 bridgehead atoms. The second-order valence-electron chi connectivity index (χ2n) is 12.3. The molecule has 2 aliphatic rings. The Morgan fingerprint density at radius 3 is 2.67 bits per heavy atom. The normalized spacial score (nSPS) is 24.6. The number of halogens is 2. The zero-order valence-corrected chi connectivity index (χ0v) is 24.7. The molecule has 9 heteroatoms. The third-order valence-corrected chi connectivity index (χ3v) is 9.19. The van der Waals surface area contributed by atoms with Gasteiger partial charge in [-0.15, -0.1) is 0 Å². The van der Waals surface area contributed by atoms with Crippen LogP contribution in [0.2, 0.25) is 5.02 Å². The van der Waals surface area contributed by atoms with Gasteiger partial charge in [-0.3, -0.25) is 14.3 Å². The number of benzene rings is 1. The minimum atomic E-state index is -0.426. The van der Waals surface area contributed by atoms with Crippen LogP contribution < -0.4 is 10.6 Å². The highest BCUT2D eigenvalue weighted by molar-refractivity contribution is 6.33. The van der Waals surface area contributed by atoms with E-state index in [2.05, 4.69) is 27.6 Å². The molecule has 2 saturated carbocycles. The second kappa shape index (κ2) is 11.1. The maximum Gasteiger partial charge on any atom is 0.228 e. The van der Waals surface area contributed by atoms with Crippen molar-refractivity contribution in [2.75, 3.05) is 5.32 Å². The van der Waals surface area contributed by atoms with Crippen LogP contribution in [0.15, 0.2) is 24.4 Å². The first-order chi connectivity index (χ1) is 19.0. The van der Waals surface area contributed by atoms with Crippen LogP contribution in [-0.4, -0.2) is 32.6 Å². The molecule has 2 atom stereocenters. The lowest BCUT2D eigenvalue weighted by Crippen LogP contribution is -2.51. The van der Waals surface area contributed by atoms with Crippen molar-refractivity contribution in [3.63, 3.8) is 0 Å². The van der Waals surface area contributed by atoms with Crippen LogP contribution in [0, 0.1) is 23.1 Å². The number of hydrogen-bond donors (Lipinski definition) is 2. The topological polar surface area (TPSA) is 88.9 Å². The van der Waals surface area contributed by atoms with Gasteiger partial charge >= 0.3 is 0 Å². The van der Waals surface area contributed by atoms with E-state index in [1.807, 2.05) is 33.9 Å². The number of amides is 2. The first-order valence-electron chi connectivity index (χ1n) is 14.4. The summed E-state index contributed by atoms with van der Waals surface area (Å²) in [6.07, 6.45) is 7.59. The SMILES string of the molecule is CCC1CC(C)(C(=O)N[C@@H]2CCC[C@H](C(=O)Nc3cc(-c4cc(F)c5nn(C)c(C(C)C)c5c4)c(Cl)cn3)C2)C1. The van der Waals surface area contributed by atoms with Crippen molar-refractivity contribution in [2.45, 2.75) is 84.6 Å². The maximum absolute atomic E-state index is 15.1. The van der Waals surface area contributed by atoms with Crippen molar-refractivity contribution in [3.8, 4) is 11.1 Å². The Morgan fingerprint density at radius 1 is 1.23 bits per heavy atom. The predicted octanol–water partition coefficient (Wildman–Crippen LogP) is 6.99. The smallest absolute Gasteiger partial charge is 0.228 e. The fourth-order valence-corrected chi connectivity index (χ4v) is 6.89. The Balaban J connectivity index is 1.30. The molecule has 0 spiro atoms. The van der Waals surface area contributed by atoms with Gasteiger partial charge in [0.25, 0.3) is 0 Å². The average Bonchev–Trinajstić information content (AvgIpc) is 3.24. The highest BCUT2D eigenvalue weighted by atomic mass is 35.5. The Hall–Kier alpha value is -3.00. The molecule has 0 unspecified atom stereocenters. The summed E-state index contributed by atoms with van der Waals surface area (Å²) < 4.78 is 16.8. The van der Waals surface area contributed by atoms with E-state index < -0.39 is 5.82 Å². The van der Waals surface area contributed by atoms with Gasteiger partial charge in [0.2, 0.25) is 11.8 Å². The molecule has 5 rings (SSSR count). The largest absolute Gasteiger partial charge is 0.353 e. The molecule has 2 aromatic heterocycles. The molecule has 1 aromatic carbocycles. The molecule has 214 valence electrons. The van der Waals surface area contributed by atoms with Crippen molar-refractivity contribution >= 4 is 40.1 Å². The van der Waals surface area contributed by atoms with E-state index in [1.54, 1.807) is 10.7 Å². The summed E-state index contributed by atoms with van der Waals surface area (Å²) in [5.74, 6) is 0.486. The van der Waals surface area contributed by atoms with Gasteiger partial charge in [-0.25, -0.2) is 9.37 Å². The number of aromatic nitrogens is 3. The van der Waals surface area contributed by atoms with Gasteiger partial charge in [0.1, 0.15) is 11.3 Å². The number of hydrogen-bond acceptors (Lipinski definition) is 4. The van der Waals surface area contributed by atoms with Crippen molar-refractivity contribution in [1.29, 1.82) is 0 Å². The molecule has 7 nitrogen and oxygen atoms in total. The van der Waals surface area contributed by atoms with Crippen molar-refractivity contribution in [1.82, 2.24) is 20.1 Å². The zero-order valence-electron chi connectivity index (χ0n) is 24.0. The number of fused-ring (bicyclic) bond motifs is 1. The Bertz CT molecular complexity index is 1450. The first-order valence-corrected chi connectivity index (χ1v) is 14.8. The van der Waals surface area contributed by atoms with E-state index in [0.717, 1.165) is 49.6 Å². The molecule has 3 aromatic rings. The van der Waals surface area contributed by atoms with Crippen molar-refractivity contribution < 1.29 is 14.0 Å². The minimum absolute atomic E-state index is 0.00687. The highest BCUT2D eigenvalue weighted by Gasteiger charge is 2.45. The fraction of sp³-hybridized carbons (Fsp3) is 0.548. The first kappa shape index (κ1) is 28.5. The van der Waals surface area contributed by atoms with E-state index in [-0.39, 0.29) is 35.1 Å². The number of pyridine rings is 1. The van der Waals surface area contributed by atoms with Crippen LogP contribution >= 0.6 is 11.6 Å². The van der Waals surface area contributed by atoms with Gasteiger partial charge in [0.15, 0.2) is 5.82 Å². The second-order valence-corrected chi connectivity index (χ2v) is 12.7. The number of carbonyl (C=O) groups excluding carboxylic acids is 2. The standard InChI is InChI=1S/C31H39ClFN5O2/c1-6-18-14-31(4,15-18)30(40)35-21-9-7-8-19(10-21)29(39)36-26-13-22(24(32)16-34-26)20-11-23-27(25(33)12-20)37-38(5)28(23)17(2)3/h11-13,16-19,21H,6-10,14-15H2,1-5H3,(H,35,40)(H,34,36,39)/t18?,19-,21+,31?/m0/s1. The molecule has 2 heterocycles. The lowest BCUT2D eigenvalue weighted by atomic mass is 9.61. The van der Waals surface area contributed by atoms with Crippen molar-refractivity contribution in [3.05, 3.63) is 40.9 Å². The van der Waals surface area contributed by atoms with Gasteiger partial charge in [0.05, 0.1) is 5.02 Å². The Kier molecular flexibility index (Phi) is 7.92. The summed E-state index contributed by atoms with van der Waals surface area (Å²) in [7, 11) is 1.82. The number of rotatable bonds is 7. The summed E-state index contributed by atoms with van der Waals surface area (Å²) >= 11 is 6.51. The van der Waals surface area contributed by atoms with Gasteiger partial charge in [-0.1, -0.05) is 52.1 Å². The highest BCUT2D eigenvalue weighted by Crippen LogP contribution is 2.47. The molecule has 2 N–H and O–H groups in total. The van der Waals surface area contributed by atoms with Gasteiger partial charge in [-0.05, 0) is 67.7 Å².